The van der Waals surface area contributed by atoms with Crippen molar-refractivity contribution < 1.29 is 28.7 Å². The van der Waals surface area contributed by atoms with E-state index in [1.807, 2.05) is 19.1 Å². The Bertz CT molecular complexity index is 1180. The molecule has 9 heteroatoms. The largest absolute Gasteiger partial charge is 0.496 e. The van der Waals surface area contributed by atoms with Crippen LogP contribution in [0.1, 0.15) is 58.9 Å². The Kier molecular flexibility index (Phi) is 6.77. The number of amides is 3. The molecule has 9 nitrogen and oxygen atoms in total. The van der Waals surface area contributed by atoms with E-state index >= 15 is 0 Å². The number of benzene rings is 2. The number of rotatable bonds is 8. The van der Waals surface area contributed by atoms with Crippen molar-refractivity contribution >= 4 is 29.4 Å². The molecule has 2 aliphatic heterocycles. The van der Waals surface area contributed by atoms with E-state index in [2.05, 4.69) is 5.32 Å². The lowest BCUT2D eigenvalue weighted by Gasteiger charge is -2.48. The van der Waals surface area contributed by atoms with E-state index in [1.54, 1.807) is 40.1 Å². The van der Waals surface area contributed by atoms with Gasteiger partial charge >= 0.3 is 5.97 Å². The fourth-order valence-corrected chi connectivity index (χ4v) is 4.86. The van der Waals surface area contributed by atoms with E-state index in [1.165, 1.54) is 14.2 Å². The van der Waals surface area contributed by atoms with Crippen molar-refractivity contribution in [1.29, 1.82) is 0 Å². The topological polar surface area (TPSA) is 105 Å². The normalized spacial score (nSPS) is 18.7. The zero-order valence-corrected chi connectivity index (χ0v) is 20.1. The molecule has 3 amide bonds. The molecule has 1 N–H and O–H groups in total. The predicted molar refractivity (Wildman–Crippen MR) is 128 cm³/mol. The van der Waals surface area contributed by atoms with E-state index in [4.69, 9.17) is 9.47 Å². The van der Waals surface area contributed by atoms with Gasteiger partial charge in [0.25, 0.3) is 5.91 Å². The van der Waals surface area contributed by atoms with Gasteiger partial charge in [-0.3, -0.25) is 19.3 Å². The molecule has 0 spiro atoms. The number of fused-ring (bicyclic) bond motifs is 3. The van der Waals surface area contributed by atoms with E-state index < -0.39 is 11.6 Å². The number of para-hydroxylation sites is 1. The van der Waals surface area contributed by atoms with E-state index in [-0.39, 0.29) is 36.3 Å². The minimum atomic E-state index is -0.730. The summed E-state index contributed by atoms with van der Waals surface area (Å²) in [7, 11) is 2.76. The highest BCUT2D eigenvalue weighted by Crippen LogP contribution is 2.44. The van der Waals surface area contributed by atoms with Crippen LogP contribution in [0.25, 0.3) is 0 Å². The maximum atomic E-state index is 13.3. The highest BCUT2D eigenvalue weighted by molar-refractivity contribution is 6.10. The second-order valence-corrected chi connectivity index (χ2v) is 8.83. The summed E-state index contributed by atoms with van der Waals surface area (Å²) in [6.07, 6.45) is 1.60. The molecule has 1 unspecified atom stereocenters. The van der Waals surface area contributed by atoms with Crippen LogP contribution >= 0.6 is 0 Å². The van der Waals surface area contributed by atoms with Crippen molar-refractivity contribution in [3.05, 3.63) is 59.2 Å². The molecular weight excluding hydrogens is 450 g/mol. The minimum Gasteiger partial charge on any atom is -0.496 e. The van der Waals surface area contributed by atoms with Gasteiger partial charge in [-0.15, -0.1) is 0 Å². The number of carbonyl (C=O) groups is 4. The smallest absolute Gasteiger partial charge is 0.341 e. The van der Waals surface area contributed by atoms with Gasteiger partial charge < -0.3 is 19.7 Å². The Hall–Kier alpha value is -3.88. The first-order valence-electron chi connectivity index (χ1n) is 11.6. The molecule has 2 aromatic carbocycles. The standard InChI is InChI=1S/C26H29N3O6/c1-26-13-12-23(31)29(26)20-8-5-4-7-18(20)24(32)28(26)14-6-9-22(30)27-16-17-10-11-21(34-2)19(15-17)25(33)35-3/h4-5,7-8,10-11,15H,6,9,12-14,16H2,1-3H3,(H,27,30). The average Bonchev–Trinajstić information content (AvgIpc) is 3.18. The summed E-state index contributed by atoms with van der Waals surface area (Å²) in [5, 5.41) is 2.85. The maximum Gasteiger partial charge on any atom is 0.341 e. The molecule has 1 atom stereocenters. The third-order valence-corrected chi connectivity index (χ3v) is 6.69. The lowest BCUT2D eigenvalue weighted by atomic mass is 9.98. The van der Waals surface area contributed by atoms with Crippen LogP contribution in [0.2, 0.25) is 0 Å². The summed E-state index contributed by atoms with van der Waals surface area (Å²) >= 11 is 0. The minimum absolute atomic E-state index is 0.000934. The zero-order valence-electron chi connectivity index (χ0n) is 20.1. The van der Waals surface area contributed by atoms with Gasteiger partial charge in [-0.25, -0.2) is 4.79 Å². The van der Waals surface area contributed by atoms with Crippen molar-refractivity contribution in [1.82, 2.24) is 10.2 Å². The van der Waals surface area contributed by atoms with Crippen LogP contribution in [-0.2, 0) is 20.9 Å². The fourth-order valence-electron chi connectivity index (χ4n) is 4.86. The van der Waals surface area contributed by atoms with Gasteiger partial charge in [0.2, 0.25) is 11.8 Å². The molecule has 0 aliphatic carbocycles. The Labute approximate surface area is 204 Å². The van der Waals surface area contributed by atoms with Crippen LogP contribution in [-0.4, -0.2) is 55.0 Å². The lowest BCUT2D eigenvalue weighted by molar-refractivity contribution is -0.121. The molecule has 4 rings (SSSR count). The van der Waals surface area contributed by atoms with Crippen LogP contribution in [0.4, 0.5) is 5.69 Å². The highest BCUT2D eigenvalue weighted by Gasteiger charge is 2.52. The Morgan fingerprint density at radius 3 is 2.63 bits per heavy atom. The molecule has 35 heavy (non-hydrogen) atoms. The van der Waals surface area contributed by atoms with E-state index in [9.17, 15) is 19.2 Å². The third-order valence-electron chi connectivity index (χ3n) is 6.69. The molecule has 0 saturated carbocycles. The number of carbonyl (C=O) groups excluding carboxylic acids is 4. The number of hydrogen-bond donors (Lipinski definition) is 1. The maximum absolute atomic E-state index is 13.3. The van der Waals surface area contributed by atoms with Gasteiger partial charge in [0, 0.05) is 25.9 Å². The fraction of sp³-hybridized carbons (Fsp3) is 0.385. The molecule has 1 fully saturated rings. The number of nitrogens with zero attached hydrogens (tertiary/aromatic N) is 2. The van der Waals surface area contributed by atoms with Crippen molar-refractivity contribution in [2.24, 2.45) is 0 Å². The summed E-state index contributed by atoms with van der Waals surface area (Å²) < 4.78 is 9.97. The molecular formula is C26H29N3O6. The summed E-state index contributed by atoms with van der Waals surface area (Å²) in [4.78, 5) is 53.8. The second kappa shape index (κ2) is 9.77. The van der Waals surface area contributed by atoms with Crippen LogP contribution < -0.4 is 15.0 Å². The van der Waals surface area contributed by atoms with Gasteiger partial charge in [-0.2, -0.15) is 0 Å². The second-order valence-electron chi connectivity index (χ2n) is 8.83. The summed E-state index contributed by atoms with van der Waals surface area (Å²) in [6.45, 7) is 2.51. The number of nitrogens with one attached hydrogen (secondary N) is 1. The molecule has 0 aromatic heterocycles. The van der Waals surface area contributed by atoms with Gasteiger partial charge in [-0.1, -0.05) is 18.2 Å². The molecule has 184 valence electrons. The van der Waals surface area contributed by atoms with Crippen LogP contribution in [0.15, 0.2) is 42.5 Å². The number of ether oxygens (including phenoxy) is 2. The van der Waals surface area contributed by atoms with Gasteiger partial charge in [0.15, 0.2) is 0 Å². The number of hydrogen-bond acceptors (Lipinski definition) is 6. The number of esters is 1. The Morgan fingerprint density at radius 2 is 1.89 bits per heavy atom. The zero-order chi connectivity index (χ0) is 25.2. The summed E-state index contributed by atoms with van der Waals surface area (Å²) in [5.74, 6) is -0.415. The van der Waals surface area contributed by atoms with E-state index in [0.29, 0.717) is 42.8 Å². The quantitative estimate of drug-likeness (QED) is 0.584. The molecule has 2 aromatic rings. The van der Waals surface area contributed by atoms with Crippen molar-refractivity contribution in [2.75, 3.05) is 25.7 Å². The number of methoxy groups -OCH3 is 2. The average molecular weight is 480 g/mol. The predicted octanol–water partition coefficient (Wildman–Crippen LogP) is 2.88. The lowest BCUT2D eigenvalue weighted by Crippen LogP contribution is -2.62. The molecule has 1 saturated heterocycles. The SMILES string of the molecule is COC(=O)c1cc(CNC(=O)CCCN2C(=O)c3ccccc3N3C(=O)CCC23C)ccc1OC. The van der Waals surface area contributed by atoms with Crippen LogP contribution in [0.5, 0.6) is 5.75 Å². The molecule has 2 aliphatic rings. The Balaban J connectivity index is 1.37. The first-order chi connectivity index (χ1) is 16.8. The van der Waals surface area contributed by atoms with Crippen molar-refractivity contribution in [3.63, 3.8) is 0 Å². The first-order valence-corrected chi connectivity index (χ1v) is 11.6. The highest BCUT2D eigenvalue weighted by atomic mass is 16.5. The van der Waals surface area contributed by atoms with Crippen LogP contribution in [0, 0.1) is 0 Å². The first kappa shape index (κ1) is 24.3. The van der Waals surface area contributed by atoms with Crippen LogP contribution in [0.3, 0.4) is 0 Å². The molecule has 0 radical (unpaired) electrons. The third kappa shape index (κ3) is 4.45. The molecule has 0 bridgehead atoms. The van der Waals surface area contributed by atoms with Gasteiger partial charge in [0.1, 0.15) is 17.0 Å². The van der Waals surface area contributed by atoms with Gasteiger partial charge in [0.05, 0.1) is 25.5 Å². The molecule has 2 heterocycles. The Morgan fingerprint density at radius 1 is 1.11 bits per heavy atom. The van der Waals surface area contributed by atoms with Crippen molar-refractivity contribution in [2.45, 2.75) is 44.8 Å². The van der Waals surface area contributed by atoms with Gasteiger partial charge in [-0.05, 0) is 49.6 Å². The monoisotopic (exact) mass is 479 g/mol. The van der Waals surface area contributed by atoms with Crippen molar-refractivity contribution in [3.8, 4) is 5.75 Å². The summed E-state index contributed by atoms with van der Waals surface area (Å²) in [5.41, 5.74) is 1.45. The van der Waals surface area contributed by atoms with E-state index in [0.717, 1.165) is 5.56 Å². The number of anilines is 1. The summed E-state index contributed by atoms with van der Waals surface area (Å²) in [6, 6.07) is 12.2.